The maximum atomic E-state index is 12.8. The summed E-state index contributed by atoms with van der Waals surface area (Å²) in [5, 5.41) is 1.88. The van der Waals surface area contributed by atoms with Crippen LogP contribution in [0, 0.1) is 20.8 Å². The van der Waals surface area contributed by atoms with Crippen molar-refractivity contribution >= 4 is 21.7 Å². The predicted molar refractivity (Wildman–Crippen MR) is 93.4 cm³/mol. The molecular weight excluding hydrogens is 308 g/mol. The molecule has 0 aliphatic carbocycles. The fraction of sp³-hybridized carbons (Fsp3) is 0.278. The van der Waals surface area contributed by atoms with E-state index in [0.29, 0.717) is 5.75 Å². The second-order valence-electron chi connectivity index (χ2n) is 5.66. The molecule has 3 rings (SSSR count). The topological polar surface area (TPSA) is 55.0 Å². The first kappa shape index (κ1) is 15.7. The molecule has 1 atom stereocenters. The van der Waals surface area contributed by atoms with E-state index in [1.807, 2.05) is 45.0 Å². The third kappa shape index (κ3) is 2.77. The summed E-state index contributed by atoms with van der Waals surface area (Å²) in [6.07, 6.45) is 1.77. The van der Waals surface area contributed by atoms with Crippen LogP contribution >= 0.6 is 0 Å². The second kappa shape index (κ2) is 6.16. The van der Waals surface area contributed by atoms with E-state index in [1.165, 1.54) is 0 Å². The minimum absolute atomic E-state index is 0.371. The molecule has 1 N–H and O–H groups in total. The van der Waals surface area contributed by atoms with Crippen molar-refractivity contribution in [2.45, 2.75) is 31.6 Å². The van der Waals surface area contributed by atoms with Gasteiger partial charge in [0.2, 0.25) is 0 Å². The van der Waals surface area contributed by atoms with Gasteiger partial charge in [0.1, 0.15) is 10.8 Å². The van der Waals surface area contributed by atoms with Gasteiger partial charge in [-0.05, 0) is 32.4 Å². The monoisotopic (exact) mass is 328 g/mol. The van der Waals surface area contributed by atoms with Gasteiger partial charge in [0, 0.05) is 28.2 Å². The van der Waals surface area contributed by atoms with Crippen molar-refractivity contribution < 1.29 is 8.95 Å². The number of pyridine rings is 1. The molecule has 0 bridgehead atoms. The maximum Gasteiger partial charge on any atom is 0.128 e. The Hall–Kier alpha value is -2.14. The third-order valence-electron chi connectivity index (χ3n) is 4.17. The van der Waals surface area contributed by atoms with Crippen LogP contribution in [0.25, 0.3) is 10.9 Å². The lowest BCUT2D eigenvalue weighted by Crippen LogP contribution is -2.05. The maximum absolute atomic E-state index is 12.8. The van der Waals surface area contributed by atoms with Crippen molar-refractivity contribution in [1.29, 1.82) is 0 Å². The van der Waals surface area contributed by atoms with Crippen LogP contribution in [0.4, 0.5) is 0 Å². The molecule has 1 aromatic carbocycles. The standard InChI is InChI=1S/C18H20N2O2S/c1-11-9-19-16(13(3)17(11)22-4)10-23(21)18-12(2)14-7-5-6-8-15(14)20-18/h5-9,20H,10H2,1-4H3. The molecule has 120 valence electrons. The number of nitrogens with zero attached hydrogens (tertiary/aromatic N) is 1. The minimum Gasteiger partial charge on any atom is -0.496 e. The van der Waals surface area contributed by atoms with Crippen LogP contribution in [0.2, 0.25) is 0 Å². The van der Waals surface area contributed by atoms with Crippen LogP contribution < -0.4 is 4.74 Å². The van der Waals surface area contributed by atoms with Crippen molar-refractivity contribution in [2.75, 3.05) is 7.11 Å². The van der Waals surface area contributed by atoms with Crippen molar-refractivity contribution in [2.24, 2.45) is 0 Å². The SMILES string of the molecule is COc1c(C)cnc(CS(=O)c2[nH]c3ccccc3c2C)c1C. The number of para-hydroxylation sites is 1. The number of ether oxygens (including phenoxy) is 1. The van der Waals surface area contributed by atoms with Crippen LogP contribution in [0.3, 0.4) is 0 Å². The lowest BCUT2D eigenvalue weighted by Gasteiger charge is -2.12. The highest BCUT2D eigenvalue weighted by molar-refractivity contribution is 7.84. The van der Waals surface area contributed by atoms with E-state index in [1.54, 1.807) is 13.3 Å². The van der Waals surface area contributed by atoms with E-state index in [9.17, 15) is 4.21 Å². The van der Waals surface area contributed by atoms with Crippen LogP contribution in [-0.2, 0) is 16.6 Å². The zero-order chi connectivity index (χ0) is 16.6. The average molecular weight is 328 g/mol. The quantitative estimate of drug-likeness (QED) is 0.792. The number of aromatic nitrogens is 2. The van der Waals surface area contributed by atoms with Gasteiger partial charge in [-0.25, -0.2) is 0 Å². The summed E-state index contributed by atoms with van der Waals surface area (Å²) < 4.78 is 18.3. The Morgan fingerprint density at radius 3 is 2.61 bits per heavy atom. The first-order valence-corrected chi connectivity index (χ1v) is 8.79. The highest BCUT2D eigenvalue weighted by atomic mass is 32.2. The van der Waals surface area contributed by atoms with Crippen molar-refractivity contribution in [3.8, 4) is 5.75 Å². The van der Waals surface area contributed by atoms with E-state index in [2.05, 4.69) is 9.97 Å². The largest absolute Gasteiger partial charge is 0.496 e. The molecule has 0 aliphatic heterocycles. The summed E-state index contributed by atoms with van der Waals surface area (Å²) in [5.74, 6) is 1.19. The number of hydrogen-bond donors (Lipinski definition) is 1. The van der Waals surface area contributed by atoms with Gasteiger partial charge in [0.15, 0.2) is 0 Å². The number of fused-ring (bicyclic) bond motifs is 1. The van der Waals surface area contributed by atoms with Gasteiger partial charge in [0.05, 0.1) is 29.4 Å². The normalized spacial score (nSPS) is 12.5. The average Bonchev–Trinajstić information content (AvgIpc) is 2.88. The van der Waals surface area contributed by atoms with Gasteiger partial charge in [-0.2, -0.15) is 0 Å². The molecule has 0 saturated carbocycles. The minimum atomic E-state index is -1.18. The lowest BCUT2D eigenvalue weighted by molar-refractivity contribution is 0.407. The van der Waals surface area contributed by atoms with Crippen molar-refractivity contribution in [1.82, 2.24) is 9.97 Å². The third-order valence-corrected chi connectivity index (χ3v) is 5.56. The van der Waals surface area contributed by atoms with Gasteiger partial charge >= 0.3 is 0 Å². The molecule has 0 spiro atoms. The molecule has 4 nitrogen and oxygen atoms in total. The van der Waals surface area contributed by atoms with E-state index in [0.717, 1.165) is 44.1 Å². The van der Waals surface area contributed by atoms with Gasteiger partial charge in [0.25, 0.3) is 0 Å². The summed E-state index contributed by atoms with van der Waals surface area (Å²) in [6.45, 7) is 5.92. The van der Waals surface area contributed by atoms with Crippen LogP contribution in [0.5, 0.6) is 5.75 Å². The summed E-state index contributed by atoms with van der Waals surface area (Å²) >= 11 is 0. The molecule has 0 radical (unpaired) electrons. The highest BCUT2D eigenvalue weighted by Gasteiger charge is 2.17. The summed E-state index contributed by atoms with van der Waals surface area (Å²) in [6, 6.07) is 8.01. The molecule has 5 heteroatoms. The highest BCUT2D eigenvalue weighted by Crippen LogP contribution is 2.28. The van der Waals surface area contributed by atoms with Crippen LogP contribution in [0.15, 0.2) is 35.5 Å². The van der Waals surface area contributed by atoms with E-state index >= 15 is 0 Å². The molecule has 0 amide bonds. The Morgan fingerprint density at radius 1 is 1.17 bits per heavy atom. The van der Waals surface area contributed by atoms with Crippen molar-refractivity contribution in [3.63, 3.8) is 0 Å². The van der Waals surface area contributed by atoms with E-state index in [4.69, 9.17) is 4.74 Å². The molecule has 1 unspecified atom stereocenters. The molecular formula is C18H20N2O2S. The first-order valence-electron chi connectivity index (χ1n) is 7.47. The van der Waals surface area contributed by atoms with Gasteiger partial charge in [-0.3, -0.25) is 9.19 Å². The van der Waals surface area contributed by atoms with Crippen LogP contribution in [-0.4, -0.2) is 21.3 Å². The summed E-state index contributed by atoms with van der Waals surface area (Å²) in [4.78, 5) is 7.73. The molecule has 3 aromatic rings. The second-order valence-corrected chi connectivity index (χ2v) is 7.05. The summed E-state index contributed by atoms with van der Waals surface area (Å²) in [5.41, 5.74) is 4.80. The molecule has 0 saturated heterocycles. The van der Waals surface area contributed by atoms with Gasteiger partial charge in [-0.1, -0.05) is 18.2 Å². The van der Waals surface area contributed by atoms with E-state index < -0.39 is 10.8 Å². The Labute approximate surface area is 138 Å². The Balaban J connectivity index is 1.97. The first-order chi connectivity index (χ1) is 11.0. The number of hydrogen-bond acceptors (Lipinski definition) is 3. The predicted octanol–water partition coefficient (Wildman–Crippen LogP) is 3.80. The Kier molecular flexibility index (Phi) is 4.22. The fourth-order valence-corrected chi connectivity index (χ4v) is 4.26. The molecule has 2 heterocycles. The Bertz CT molecular complexity index is 899. The number of rotatable bonds is 4. The smallest absolute Gasteiger partial charge is 0.128 e. The zero-order valence-corrected chi connectivity index (χ0v) is 14.6. The summed E-state index contributed by atoms with van der Waals surface area (Å²) in [7, 11) is 0.471. The lowest BCUT2D eigenvalue weighted by atomic mass is 10.1. The van der Waals surface area contributed by atoms with Gasteiger partial charge in [-0.15, -0.1) is 0 Å². The molecule has 0 fully saturated rings. The molecule has 2 aromatic heterocycles. The van der Waals surface area contributed by atoms with E-state index in [-0.39, 0.29) is 0 Å². The van der Waals surface area contributed by atoms with Crippen LogP contribution in [0.1, 0.15) is 22.4 Å². The number of methoxy groups -OCH3 is 1. The number of benzene rings is 1. The molecule has 23 heavy (non-hydrogen) atoms. The Morgan fingerprint density at radius 2 is 1.91 bits per heavy atom. The molecule has 0 aliphatic rings. The fourth-order valence-electron chi connectivity index (χ4n) is 2.90. The number of nitrogens with one attached hydrogen (secondary N) is 1. The van der Waals surface area contributed by atoms with Gasteiger partial charge < -0.3 is 9.72 Å². The number of aryl methyl sites for hydroxylation is 2. The number of H-pyrrole nitrogens is 1. The number of aromatic amines is 1. The zero-order valence-electron chi connectivity index (χ0n) is 13.8. The van der Waals surface area contributed by atoms with Crippen molar-refractivity contribution in [3.05, 3.63) is 52.8 Å².